The van der Waals surface area contributed by atoms with Crippen molar-refractivity contribution >= 4 is 17.3 Å². The first-order valence-electron chi connectivity index (χ1n) is 10.4. The van der Waals surface area contributed by atoms with Crippen LogP contribution in [0, 0.1) is 0 Å². The molecule has 3 aromatic rings. The Balaban J connectivity index is 1.51. The minimum Gasteiger partial charge on any atom is -0.376 e. The molecule has 0 spiro atoms. The molecule has 0 saturated carbocycles. The van der Waals surface area contributed by atoms with Gasteiger partial charge in [-0.1, -0.05) is 6.07 Å². The third kappa shape index (κ3) is 3.82. The third-order valence-corrected chi connectivity index (χ3v) is 6.24. The lowest BCUT2D eigenvalue weighted by Crippen LogP contribution is -2.30. The summed E-state index contributed by atoms with van der Waals surface area (Å²) < 4.78 is 8.23. The predicted molar refractivity (Wildman–Crippen MR) is 119 cm³/mol. The summed E-state index contributed by atoms with van der Waals surface area (Å²) in [5, 5.41) is 4.28. The van der Waals surface area contributed by atoms with Crippen LogP contribution in [0.25, 0.3) is 0 Å². The maximum atomic E-state index is 5.90. The zero-order valence-electron chi connectivity index (χ0n) is 16.7. The molecule has 154 valence electrons. The molecule has 5 rings (SSSR count). The van der Waals surface area contributed by atoms with Crippen LogP contribution in [0.4, 0.5) is 0 Å². The fourth-order valence-electron chi connectivity index (χ4n) is 4.45. The van der Waals surface area contributed by atoms with E-state index in [1.807, 2.05) is 42.9 Å². The normalized spacial score (nSPS) is 23.7. The number of thiocarbonyl (C=S) groups is 1. The standard InChI is InChI=1S/C23H25N5OS/c30-23-26-21(19-6-1-2-10-25-19)22(28(23)15-17-8-11-24-12-9-17)20-7-3-13-27(20)16-18-5-4-14-29-18/h1-3,6-13,18,21-22H,4-5,14-16H2,(H,26,30)/t18-,21-,22-/m1/s1. The van der Waals surface area contributed by atoms with Crippen molar-refractivity contribution in [3.05, 3.63) is 84.2 Å². The smallest absolute Gasteiger partial charge is 0.170 e. The first-order valence-corrected chi connectivity index (χ1v) is 10.8. The van der Waals surface area contributed by atoms with E-state index in [1.165, 1.54) is 11.3 Å². The number of ether oxygens (including phenoxy) is 1. The Morgan fingerprint density at radius 1 is 1.10 bits per heavy atom. The SMILES string of the molecule is S=C1N[C@H](c2ccccn2)[C@@H](c2cccn2C[C@H]2CCCO2)N1Cc1ccncc1. The molecular formula is C23H25N5OS. The molecule has 0 radical (unpaired) electrons. The molecule has 0 unspecified atom stereocenters. The molecule has 5 heterocycles. The molecule has 3 aromatic heterocycles. The molecule has 0 aromatic carbocycles. The fraction of sp³-hybridized carbons (Fsp3) is 0.348. The maximum absolute atomic E-state index is 5.90. The highest BCUT2D eigenvalue weighted by Crippen LogP contribution is 2.39. The molecule has 2 aliphatic heterocycles. The lowest BCUT2D eigenvalue weighted by atomic mass is 10.0. The van der Waals surface area contributed by atoms with E-state index in [2.05, 4.69) is 49.1 Å². The lowest BCUT2D eigenvalue weighted by Gasteiger charge is -2.29. The zero-order valence-corrected chi connectivity index (χ0v) is 17.5. The molecular weight excluding hydrogens is 394 g/mol. The van der Waals surface area contributed by atoms with E-state index in [4.69, 9.17) is 17.0 Å². The molecule has 2 aliphatic rings. The van der Waals surface area contributed by atoms with Crippen molar-refractivity contribution in [2.75, 3.05) is 6.61 Å². The first-order chi connectivity index (χ1) is 14.8. The summed E-state index contributed by atoms with van der Waals surface area (Å²) in [5.74, 6) is 0. The summed E-state index contributed by atoms with van der Waals surface area (Å²) in [5.41, 5.74) is 3.40. The van der Waals surface area contributed by atoms with Gasteiger partial charge in [-0.25, -0.2) is 0 Å². The minimum atomic E-state index is -0.0151. The van der Waals surface area contributed by atoms with E-state index in [0.29, 0.717) is 6.54 Å². The average molecular weight is 420 g/mol. The van der Waals surface area contributed by atoms with Crippen molar-refractivity contribution in [3.8, 4) is 0 Å². The second kappa shape index (κ2) is 8.53. The number of nitrogens with one attached hydrogen (secondary N) is 1. The lowest BCUT2D eigenvalue weighted by molar-refractivity contribution is 0.0953. The molecule has 3 atom stereocenters. The van der Waals surface area contributed by atoms with Crippen molar-refractivity contribution < 1.29 is 4.74 Å². The van der Waals surface area contributed by atoms with Crippen molar-refractivity contribution in [1.29, 1.82) is 0 Å². The van der Waals surface area contributed by atoms with Crippen LogP contribution >= 0.6 is 12.2 Å². The highest BCUT2D eigenvalue weighted by molar-refractivity contribution is 7.80. The van der Waals surface area contributed by atoms with Gasteiger partial charge in [0.2, 0.25) is 0 Å². The summed E-state index contributed by atoms with van der Waals surface area (Å²) in [6, 6.07) is 14.5. The summed E-state index contributed by atoms with van der Waals surface area (Å²) in [6.45, 7) is 2.44. The van der Waals surface area contributed by atoms with E-state index in [1.54, 1.807) is 0 Å². The molecule has 2 fully saturated rings. The van der Waals surface area contributed by atoms with Gasteiger partial charge in [-0.2, -0.15) is 0 Å². The molecule has 30 heavy (non-hydrogen) atoms. The van der Waals surface area contributed by atoms with Crippen LogP contribution in [0.3, 0.4) is 0 Å². The van der Waals surface area contributed by atoms with Crippen LogP contribution in [-0.4, -0.2) is 37.3 Å². The quantitative estimate of drug-likeness (QED) is 0.616. The largest absolute Gasteiger partial charge is 0.376 e. The third-order valence-electron chi connectivity index (χ3n) is 5.89. The van der Waals surface area contributed by atoms with E-state index < -0.39 is 0 Å². The van der Waals surface area contributed by atoms with Gasteiger partial charge in [-0.15, -0.1) is 0 Å². The van der Waals surface area contributed by atoms with Gasteiger partial charge in [0.05, 0.1) is 23.9 Å². The highest BCUT2D eigenvalue weighted by atomic mass is 32.1. The van der Waals surface area contributed by atoms with Crippen molar-refractivity contribution in [1.82, 2.24) is 24.8 Å². The van der Waals surface area contributed by atoms with Crippen LogP contribution in [0.2, 0.25) is 0 Å². The van der Waals surface area contributed by atoms with Crippen LogP contribution in [0.1, 0.15) is 41.9 Å². The molecule has 0 amide bonds. The van der Waals surface area contributed by atoms with Gasteiger partial charge in [0, 0.05) is 50.2 Å². The molecule has 0 bridgehead atoms. The molecule has 7 heteroatoms. The van der Waals surface area contributed by atoms with Gasteiger partial charge in [0.1, 0.15) is 0 Å². The molecule has 6 nitrogen and oxygen atoms in total. The Labute approximate surface area is 181 Å². The minimum absolute atomic E-state index is 0.0151. The number of aromatic nitrogens is 3. The zero-order chi connectivity index (χ0) is 20.3. The topological polar surface area (TPSA) is 55.2 Å². The van der Waals surface area contributed by atoms with Gasteiger partial charge in [-0.3, -0.25) is 9.97 Å². The highest BCUT2D eigenvalue weighted by Gasteiger charge is 2.41. The number of rotatable bonds is 6. The molecule has 1 N–H and O–H groups in total. The number of pyridine rings is 2. The average Bonchev–Trinajstić information content (AvgIpc) is 3.52. The summed E-state index contributed by atoms with van der Waals surface area (Å²) in [4.78, 5) is 11.1. The Morgan fingerprint density at radius 3 is 2.77 bits per heavy atom. The van der Waals surface area contributed by atoms with Gasteiger partial charge in [-0.05, 0) is 67.0 Å². The Hall–Kier alpha value is -2.77. The van der Waals surface area contributed by atoms with Crippen LogP contribution in [-0.2, 0) is 17.8 Å². The molecule has 2 saturated heterocycles. The van der Waals surface area contributed by atoms with Gasteiger partial charge in [0.15, 0.2) is 5.11 Å². The van der Waals surface area contributed by atoms with Crippen LogP contribution < -0.4 is 5.32 Å². The maximum Gasteiger partial charge on any atom is 0.170 e. The van der Waals surface area contributed by atoms with Crippen LogP contribution in [0.15, 0.2) is 67.3 Å². The fourth-order valence-corrected chi connectivity index (χ4v) is 4.76. The Kier molecular flexibility index (Phi) is 5.46. The number of hydrogen-bond acceptors (Lipinski definition) is 4. The van der Waals surface area contributed by atoms with Crippen molar-refractivity contribution in [2.45, 2.75) is 44.1 Å². The second-order valence-electron chi connectivity index (χ2n) is 7.83. The molecule has 0 aliphatic carbocycles. The van der Waals surface area contributed by atoms with E-state index in [0.717, 1.165) is 36.8 Å². The van der Waals surface area contributed by atoms with E-state index in [9.17, 15) is 0 Å². The predicted octanol–water partition coefficient (Wildman–Crippen LogP) is 3.63. The Morgan fingerprint density at radius 2 is 2.00 bits per heavy atom. The second-order valence-corrected chi connectivity index (χ2v) is 8.22. The van der Waals surface area contributed by atoms with Gasteiger partial charge < -0.3 is 19.5 Å². The summed E-state index contributed by atoms with van der Waals surface area (Å²) in [7, 11) is 0. The summed E-state index contributed by atoms with van der Waals surface area (Å²) in [6.07, 6.45) is 10.2. The number of hydrogen-bond donors (Lipinski definition) is 1. The monoisotopic (exact) mass is 419 g/mol. The van der Waals surface area contributed by atoms with Crippen molar-refractivity contribution in [2.24, 2.45) is 0 Å². The van der Waals surface area contributed by atoms with E-state index in [-0.39, 0.29) is 18.2 Å². The van der Waals surface area contributed by atoms with Gasteiger partial charge in [0.25, 0.3) is 0 Å². The number of nitrogens with zero attached hydrogens (tertiary/aromatic N) is 4. The van der Waals surface area contributed by atoms with Gasteiger partial charge >= 0.3 is 0 Å². The van der Waals surface area contributed by atoms with E-state index >= 15 is 0 Å². The summed E-state index contributed by atoms with van der Waals surface area (Å²) >= 11 is 5.79. The first kappa shape index (κ1) is 19.2. The van der Waals surface area contributed by atoms with Crippen molar-refractivity contribution in [3.63, 3.8) is 0 Å². The Bertz CT molecular complexity index is 987. The van der Waals surface area contributed by atoms with Crippen LogP contribution in [0.5, 0.6) is 0 Å².